The van der Waals surface area contributed by atoms with Crippen LogP contribution in [0.2, 0.25) is 0 Å². The Morgan fingerprint density at radius 3 is 2.20 bits per heavy atom. The molecule has 0 bridgehead atoms. The maximum absolute atomic E-state index is 10.4. The second-order valence-electron chi connectivity index (χ2n) is 3.61. The molecule has 0 saturated carbocycles. The molecule has 0 aliphatic rings. The predicted octanol–water partition coefficient (Wildman–Crippen LogP) is -4.37. The van der Waals surface area contributed by atoms with Gasteiger partial charge in [-0.25, -0.2) is 0 Å². The van der Waals surface area contributed by atoms with Crippen molar-refractivity contribution < 1.29 is 120 Å². The van der Waals surface area contributed by atoms with Gasteiger partial charge in [0.2, 0.25) is 6.54 Å². The first-order valence-corrected chi connectivity index (χ1v) is 4.25. The summed E-state index contributed by atoms with van der Waals surface area (Å²) in [6, 6.07) is 0. The summed E-state index contributed by atoms with van der Waals surface area (Å²) in [6.45, 7) is 3.61. The van der Waals surface area contributed by atoms with Gasteiger partial charge in [-0.3, -0.25) is 14.9 Å². The van der Waals surface area contributed by atoms with E-state index in [0.717, 1.165) is 0 Å². The summed E-state index contributed by atoms with van der Waals surface area (Å²) >= 11 is 0. The first-order valence-electron chi connectivity index (χ1n) is 4.25. The topological polar surface area (TPSA) is 80.4 Å². The van der Waals surface area contributed by atoms with Crippen LogP contribution in [0.3, 0.4) is 0 Å². The maximum Gasteiger partial charge on any atom is 1.00 e. The second kappa shape index (κ2) is 12.6. The van der Waals surface area contributed by atoms with Crippen molar-refractivity contribution in [2.75, 3.05) is 6.54 Å². The first kappa shape index (κ1) is 22.3. The Kier molecular flexibility index (Phi) is 18.8. The SMILES string of the molecule is CC(C)C[C@@H](CC(=O)O)C[N+](=O)[O-].[H-].[H-].[K+].[K+]. The van der Waals surface area contributed by atoms with Crippen LogP contribution in [0.5, 0.6) is 0 Å². The minimum atomic E-state index is -0.965. The Balaban J connectivity index is -0.000000120. The van der Waals surface area contributed by atoms with Gasteiger partial charge in [0.05, 0.1) is 6.42 Å². The molecule has 0 aliphatic heterocycles. The van der Waals surface area contributed by atoms with Crippen molar-refractivity contribution in [1.82, 2.24) is 0 Å². The molecule has 0 aliphatic carbocycles. The summed E-state index contributed by atoms with van der Waals surface area (Å²) in [5.41, 5.74) is 0. The van der Waals surface area contributed by atoms with Crippen LogP contribution in [-0.4, -0.2) is 22.5 Å². The molecule has 0 fully saturated rings. The molecule has 0 aromatic heterocycles. The Morgan fingerprint density at radius 2 is 1.93 bits per heavy atom. The van der Waals surface area contributed by atoms with Gasteiger partial charge < -0.3 is 7.96 Å². The Labute approximate surface area is 178 Å². The van der Waals surface area contributed by atoms with E-state index >= 15 is 0 Å². The molecule has 0 heterocycles. The molecule has 0 rings (SSSR count). The van der Waals surface area contributed by atoms with Crippen LogP contribution in [-0.2, 0) is 4.79 Å². The average molecular weight is 269 g/mol. The number of aliphatic carboxylic acids is 1. The number of hydrogen-bond donors (Lipinski definition) is 1. The van der Waals surface area contributed by atoms with Gasteiger partial charge >= 0.3 is 109 Å². The fourth-order valence-electron chi connectivity index (χ4n) is 1.35. The van der Waals surface area contributed by atoms with E-state index in [9.17, 15) is 14.9 Å². The van der Waals surface area contributed by atoms with Crippen LogP contribution in [0.15, 0.2) is 0 Å². The summed E-state index contributed by atoms with van der Waals surface area (Å²) in [7, 11) is 0. The van der Waals surface area contributed by atoms with Crippen molar-refractivity contribution in [1.29, 1.82) is 0 Å². The third-order valence-electron chi connectivity index (χ3n) is 1.68. The molecule has 0 amide bonds. The van der Waals surface area contributed by atoms with E-state index in [-0.39, 0.29) is 125 Å². The van der Waals surface area contributed by atoms with Crippen LogP contribution in [0.25, 0.3) is 0 Å². The number of hydrogen-bond acceptors (Lipinski definition) is 3. The van der Waals surface area contributed by atoms with Gasteiger partial charge in [-0.05, 0) is 12.3 Å². The largest absolute Gasteiger partial charge is 1.00 e. The van der Waals surface area contributed by atoms with E-state index in [1.165, 1.54) is 0 Å². The van der Waals surface area contributed by atoms with Gasteiger partial charge in [0.15, 0.2) is 0 Å². The smallest absolute Gasteiger partial charge is 1.00 e. The molecule has 0 radical (unpaired) electrons. The number of carbonyl (C=O) groups is 1. The first-order chi connectivity index (χ1) is 5.91. The van der Waals surface area contributed by atoms with Crippen molar-refractivity contribution >= 4 is 5.97 Å². The van der Waals surface area contributed by atoms with E-state index < -0.39 is 10.9 Å². The Morgan fingerprint density at radius 1 is 1.47 bits per heavy atom. The number of rotatable bonds is 6. The molecule has 1 atom stereocenters. The summed E-state index contributed by atoms with van der Waals surface area (Å²) in [5.74, 6) is -1.01. The molecule has 0 spiro atoms. The number of carboxylic acids is 1. The summed E-state index contributed by atoms with van der Waals surface area (Å²) in [5, 5.41) is 18.7. The molecule has 5 nitrogen and oxygen atoms in total. The minimum Gasteiger partial charge on any atom is -1.00 e. The monoisotopic (exact) mass is 269 g/mol. The van der Waals surface area contributed by atoms with Gasteiger partial charge in [0.25, 0.3) is 0 Å². The van der Waals surface area contributed by atoms with Crippen molar-refractivity contribution in [2.45, 2.75) is 26.7 Å². The molecule has 7 heteroatoms. The quantitative estimate of drug-likeness (QED) is 0.300. The molecule has 0 aromatic rings. The van der Waals surface area contributed by atoms with Crippen LogP contribution < -0.4 is 103 Å². The summed E-state index contributed by atoms with van der Waals surface area (Å²) in [4.78, 5) is 20.1. The fraction of sp³-hybridized carbons (Fsp3) is 0.875. The third-order valence-corrected chi connectivity index (χ3v) is 1.68. The zero-order chi connectivity index (χ0) is 10.4. The molecular weight excluding hydrogens is 252 g/mol. The van der Waals surface area contributed by atoms with Crippen LogP contribution in [0.1, 0.15) is 29.5 Å². The van der Waals surface area contributed by atoms with Gasteiger partial charge in [0, 0.05) is 10.8 Å². The third kappa shape index (κ3) is 16.1. The van der Waals surface area contributed by atoms with Crippen LogP contribution in [0, 0.1) is 22.0 Å². The Hall–Kier alpha value is 2.14. The van der Waals surface area contributed by atoms with Crippen LogP contribution in [0.4, 0.5) is 0 Å². The molecule has 0 aromatic carbocycles. The van der Waals surface area contributed by atoms with Crippen molar-refractivity contribution in [3.8, 4) is 0 Å². The molecule has 15 heavy (non-hydrogen) atoms. The zero-order valence-electron chi connectivity index (χ0n) is 11.9. The summed E-state index contributed by atoms with van der Waals surface area (Å²) in [6.07, 6.45) is 0.479. The molecule has 0 unspecified atom stereocenters. The standard InChI is InChI=1S/C8H15NO4.2K.2H/c1-6(2)3-7(4-8(10)11)5-9(12)13;;;;/h6-7H,3-5H2,1-2H3,(H,10,11);;;;/q;2*+1;2*-1/t7-;;;;/m0..../s1. The van der Waals surface area contributed by atoms with E-state index in [1.54, 1.807) is 0 Å². The van der Waals surface area contributed by atoms with Crippen molar-refractivity contribution in [3.63, 3.8) is 0 Å². The van der Waals surface area contributed by atoms with E-state index in [0.29, 0.717) is 12.3 Å². The van der Waals surface area contributed by atoms with E-state index in [2.05, 4.69) is 0 Å². The number of carboxylic acid groups (broad SMARTS) is 1. The Bertz CT molecular complexity index is 192. The predicted molar refractivity (Wildman–Crippen MR) is 49.3 cm³/mol. The second-order valence-corrected chi connectivity index (χ2v) is 3.61. The van der Waals surface area contributed by atoms with Gasteiger partial charge in [-0.1, -0.05) is 13.8 Å². The van der Waals surface area contributed by atoms with Gasteiger partial charge in [-0.15, -0.1) is 0 Å². The normalized spacial score (nSPS) is 11.1. The number of nitrogens with zero attached hydrogens (tertiary/aromatic N) is 1. The summed E-state index contributed by atoms with van der Waals surface area (Å²) < 4.78 is 0. The molecule has 0 saturated heterocycles. The van der Waals surface area contributed by atoms with E-state index in [4.69, 9.17) is 5.11 Å². The van der Waals surface area contributed by atoms with Crippen molar-refractivity contribution in [2.24, 2.45) is 11.8 Å². The average Bonchev–Trinajstić information content (AvgIpc) is 1.80. The minimum absolute atomic E-state index is 0. The van der Waals surface area contributed by atoms with Crippen LogP contribution >= 0.6 is 0 Å². The maximum atomic E-state index is 10.4. The number of nitro groups is 1. The molecule has 80 valence electrons. The molecule has 1 N–H and O–H groups in total. The van der Waals surface area contributed by atoms with Gasteiger partial charge in [0.1, 0.15) is 0 Å². The zero-order valence-corrected chi connectivity index (χ0v) is 16.1. The van der Waals surface area contributed by atoms with Gasteiger partial charge in [-0.2, -0.15) is 0 Å². The van der Waals surface area contributed by atoms with E-state index in [1.807, 2.05) is 13.8 Å². The van der Waals surface area contributed by atoms with Crippen molar-refractivity contribution in [3.05, 3.63) is 10.1 Å². The molecular formula is C8H17K2NO4. The fourth-order valence-corrected chi connectivity index (χ4v) is 1.35.